The lowest BCUT2D eigenvalue weighted by atomic mass is 9.92. The summed E-state index contributed by atoms with van der Waals surface area (Å²) in [5.74, 6) is -0.151. The fraction of sp³-hybridized carbons (Fsp3) is 0.440. The van der Waals surface area contributed by atoms with E-state index in [1.54, 1.807) is 45.0 Å². The quantitative estimate of drug-likeness (QED) is 0.534. The van der Waals surface area contributed by atoms with Crippen molar-refractivity contribution < 1.29 is 37.0 Å². The number of esters is 1. The van der Waals surface area contributed by atoms with Gasteiger partial charge in [0.2, 0.25) is 0 Å². The number of hydrogen-bond donors (Lipinski definition) is 0. The number of fused-ring (bicyclic) bond motifs is 1. The number of rotatable bonds is 4. The monoisotopic (exact) mass is 479 g/mol. The highest BCUT2D eigenvalue weighted by Gasteiger charge is 2.39. The fourth-order valence-electron chi connectivity index (χ4n) is 3.81. The summed E-state index contributed by atoms with van der Waals surface area (Å²) in [6.07, 6.45) is -4.61. The standard InChI is InChI=1S/C25H28F3NO5/c1-15-6-7-16(12-20(15)25(26,27)28)14-33-18-8-9-19-17(13-18)10-11-29(21(19)22(30)32-5)23(31)34-24(2,3)4/h6-9,12-13,21H,10-11,14H2,1-5H3/t21-/m1/s1. The van der Waals surface area contributed by atoms with E-state index in [1.807, 2.05) is 0 Å². The third kappa shape index (κ3) is 5.81. The van der Waals surface area contributed by atoms with Crippen LogP contribution in [0, 0.1) is 6.92 Å². The summed E-state index contributed by atoms with van der Waals surface area (Å²) in [7, 11) is 1.25. The summed E-state index contributed by atoms with van der Waals surface area (Å²) in [4.78, 5) is 26.6. The summed E-state index contributed by atoms with van der Waals surface area (Å²) in [6, 6.07) is 8.14. The number of carbonyl (C=O) groups is 2. The van der Waals surface area contributed by atoms with Gasteiger partial charge in [-0.05, 0) is 74.6 Å². The predicted octanol–water partition coefficient (Wildman–Crippen LogP) is 5.60. The van der Waals surface area contributed by atoms with E-state index in [0.29, 0.717) is 23.3 Å². The summed E-state index contributed by atoms with van der Waals surface area (Å²) in [5, 5.41) is 0. The number of carbonyl (C=O) groups excluding carboxylic acids is 2. The SMILES string of the molecule is COC(=O)[C@H]1c2ccc(OCc3ccc(C)c(C(F)(F)F)c3)cc2CCN1C(=O)OC(C)(C)C. The number of ether oxygens (including phenoxy) is 3. The largest absolute Gasteiger partial charge is 0.489 e. The highest BCUT2D eigenvalue weighted by molar-refractivity contribution is 5.84. The van der Waals surface area contributed by atoms with Gasteiger partial charge < -0.3 is 14.2 Å². The molecule has 0 radical (unpaired) electrons. The maximum Gasteiger partial charge on any atom is 0.416 e. The Kier molecular flexibility index (Phi) is 7.14. The number of amides is 1. The first-order valence-corrected chi connectivity index (χ1v) is 10.8. The Balaban J connectivity index is 1.81. The molecule has 0 aromatic heterocycles. The molecule has 0 fully saturated rings. The van der Waals surface area contributed by atoms with Gasteiger partial charge in [-0.15, -0.1) is 0 Å². The molecule has 1 aliphatic rings. The van der Waals surface area contributed by atoms with Gasteiger partial charge in [-0.2, -0.15) is 13.2 Å². The Morgan fingerprint density at radius 2 is 1.79 bits per heavy atom. The number of halogens is 3. The number of nitrogens with zero attached hydrogens (tertiary/aromatic N) is 1. The first-order chi connectivity index (χ1) is 15.8. The van der Waals surface area contributed by atoms with Gasteiger partial charge in [0, 0.05) is 6.54 Å². The smallest absolute Gasteiger partial charge is 0.416 e. The molecule has 1 atom stereocenters. The van der Waals surface area contributed by atoms with Gasteiger partial charge in [-0.3, -0.25) is 4.90 Å². The summed E-state index contributed by atoms with van der Waals surface area (Å²) >= 11 is 0. The van der Waals surface area contributed by atoms with Gasteiger partial charge in [0.1, 0.15) is 18.0 Å². The highest BCUT2D eigenvalue weighted by atomic mass is 19.4. The molecule has 2 aromatic rings. The van der Waals surface area contributed by atoms with E-state index in [9.17, 15) is 22.8 Å². The lowest BCUT2D eigenvalue weighted by Gasteiger charge is -2.36. The number of aryl methyl sites for hydroxylation is 1. The molecule has 0 spiro atoms. The van der Waals surface area contributed by atoms with E-state index >= 15 is 0 Å². The fourth-order valence-corrected chi connectivity index (χ4v) is 3.81. The Morgan fingerprint density at radius 3 is 2.41 bits per heavy atom. The summed E-state index contributed by atoms with van der Waals surface area (Å²) < 4.78 is 55.6. The molecule has 0 aliphatic carbocycles. The van der Waals surface area contributed by atoms with Crippen LogP contribution >= 0.6 is 0 Å². The topological polar surface area (TPSA) is 65.1 Å². The molecule has 34 heavy (non-hydrogen) atoms. The molecule has 1 heterocycles. The first-order valence-electron chi connectivity index (χ1n) is 10.8. The van der Waals surface area contributed by atoms with Crippen LogP contribution in [0.5, 0.6) is 5.75 Å². The normalized spacial score (nSPS) is 16.0. The van der Waals surface area contributed by atoms with Gasteiger partial charge in [0.15, 0.2) is 6.04 Å². The van der Waals surface area contributed by atoms with Crippen molar-refractivity contribution in [1.29, 1.82) is 0 Å². The van der Waals surface area contributed by atoms with Crippen molar-refractivity contribution >= 4 is 12.1 Å². The number of hydrogen-bond acceptors (Lipinski definition) is 5. The second-order valence-corrected chi connectivity index (χ2v) is 9.15. The maximum atomic E-state index is 13.2. The molecule has 0 saturated carbocycles. The van der Waals surface area contributed by atoms with Crippen LogP contribution < -0.4 is 4.74 Å². The Hall–Kier alpha value is -3.23. The average Bonchev–Trinajstić information content (AvgIpc) is 2.75. The van der Waals surface area contributed by atoms with Crippen molar-refractivity contribution in [2.24, 2.45) is 0 Å². The van der Waals surface area contributed by atoms with Crippen LogP contribution in [0.3, 0.4) is 0 Å². The van der Waals surface area contributed by atoms with E-state index in [-0.39, 0.29) is 18.7 Å². The Morgan fingerprint density at radius 1 is 1.09 bits per heavy atom. The third-order valence-electron chi connectivity index (χ3n) is 5.41. The van der Waals surface area contributed by atoms with Crippen LogP contribution in [0.1, 0.15) is 54.6 Å². The lowest BCUT2D eigenvalue weighted by molar-refractivity contribution is -0.147. The van der Waals surface area contributed by atoms with Crippen molar-refractivity contribution in [2.75, 3.05) is 13.7 Å². The second kappa shape index (κ2) is 9.56. The zero-order chi connectivity index (χ0) is 25.3. The minimum Gasteiger partial charge on any atom is -0.489 e. The molecule has 2 aromatic carbocycles. The second-order valence-electron chi connectivity index (χ2n) is 9.15. The first kappa shape index (κ1) is 25.4. The Labute approximate surface area is 196 Å². The van der Waals surface area contributed by atoms with E-state index in [2.05, 4.69) is 0 Å². The molecule has 6 nitrogen and oxygen atoms in total. The van der Waals surface area contributed by atoms with Crippen LogP contribution in [-0.2, 0) is 33.5 Å². The zero-order valence-electron chi connectivity index (χ0n) is 19.8. The molecule has 0 unspecified atom stereocenters. The average molecular weight is 479 g/mol. The van der Waals surface area contributed by atoms with Crippen molar-refractivity contribution in [1.82, 2.24) is 4.90 Å². The molecule has 0 bridgehead atoms. The maximum absolute atomic E-state index is 13.2. The van der Waals surface area contributed by atoms with Crippen molar-refractivity contribution in [3.05, 3.63) is 64.2 Å². The molecule has 9 heteroatoms. The molecular formula is C25H28F3NO5. The van der Waals surface area contributed by atoms with E-state index < -0.39 is 35.4 Å². The van der Waals surface area contributed by atoms with Gasteiger partial charge >= 0.3 is 18.2 Å². The molecular weight excluding hydrogens is 451 g/mol. The minimum atomic E-state index is -4.44. The van der Waals surface area contributed by atoms with Gasteiger partial charge in [-0.1, -0.05) is 18.2 Å². The van der Waals surface area contributed by atoms with Crippen molar-refractivity contribution in [2.45, 2.75) is 58.5 Å². The number of methoxy groups -OCH3 is 1. The lowest BCUT2D eigenvalue weighted by Crippen LogP contribution is -2.46. The van der Waals surface area contributed by atoms with Crippen LogP contribution in [-0.4, -0.2) is 36.2 Å². The molecule has 0 N–H and O–H groups in total. The number of benzene rings is 2. The van der Waals surface area contributed by atoms with Crippen LogP contribution in [0.15, 0.2) is 36.4 Å². The van der Waals surface area contributed by atoms with Gasteiger partial charge in [0.05, 0.1) is 12.7 Å². The Bertz CT molecular complexity index is 1080. The molecule has 184 valence electrons. The molecule has 0 saturated heterocycles. The molecule has 3 rings (SSSR count). The van der Waals surface area contributed by atoms with Crippen LogP contribution in [0.4, 0.5) is 18.0 Å². The summed E-state index contributed by atoms with van der Waals surface area (Å²) in [6.45, 7) is 6.82. The number of alkyl halides is 3. The molecule has 1 aliphatic heterocycles. The highest BCUT2D eigenvalue weighted by Crippen LogP contribution is 2.35. The van der Waals surface area contributed by atoms with Crippen molar-refractivity contribution in [3.8, 4) is 5.75 Å². The van der Waals surface area contributed by atoms with Crippen LogP contribution in [0.2, 0.25) is 0 Å². The third-order valence-corrected chi connectivity index (χ3v) is 5.41. The van der Waals surface area contributed by atoms with E-state index in [1.165, 1.54) is 25.0 Å². The van der Waals surface area contributed by atoms with Crippen molar-refractivity contribution in [3.63, 3.8) is 0 Å². The zero-order valence-corrected chi connectivity index (χ0v) is 19.8. The van der Waals surface area contributed by atoms with Gasteiger partial charge in [0.25, 0.3) is 0 Å². The van der Waals surface area contributed by atoms with E-state index in [4.69, 9.17) is 14.2 Å². The summed E-state index contributed by atoms with van der Waals surface area (Å²) in [5.41, 5.74) is 0.492. The predicted molar refractivity (Wildman–Crippen MR) is 118 cm³/mol. The molecule has 1 amide bonds. The minimum absolute atomic E-state index is 0.0490. The van der Waals surface area contributed by atoms with E-state index in [0.717, 1.165) is 11.6 Å². The van der Waals surface area contributed by atoms with Crippen LogP contribution in [0.25, 0.3) is 0 Å². The van der Waals surface area contributed by atoms with Gasteiger partial charge in [-0.25, -0.2) is 9.59 Å².